The Bertz CT molecular complexity index is 195. The number of nitrogens with one attached hydrogen (secondary N) is 1. The number of nitrogens with zero attached hydrogens (tertiary/aromatic N) is 1. The molecule has 0 radical (unpaired) electrons. The Morgan fingerprint density at radius 1 is 1.70 bits per heavy atom. The van der Waals surface area contributed by atoms with Crippen LogP contribution in [0.2, 0.25) is 0 Å². The summed E-state index contributed by atoms with van der Waals surface area (Å²) in [6.45, 7) is 4.39. The van der Waals surface area contributed by atoms with Crippen molar-refractivity contribution in [2.24, 2.45) is 11.0 Å². The first kappa shape index (κ1) is 7.10. The number of rotatable bonds is 2. The lowest BCUT2D eigenvalue weighted by Gasteiger charge is -2.05. The molecule has 0 aliphatic carbocycles. The van der Waals surface area contributed by atoms with Crippen LogP contribution in [0, 0.1) is 5.92 Å². The van der Waals surface area contributed by atoms with E-state index in [4.69, 9.17) is 0 Å². The van der Waals surface area contributed by atoms with E-state index in [0.29, 0.717) is 5.92 Å². The molecule has 1 heterocycles. The van der Waals surface area contributed by atoms with Crippen LogP contribution in [-0.4, -0.2) is 5.87 Å². The Hall–Kier alpha value is -1.01. The van der Waals surface area contributed by atoms with E-state index >= 15 is 0 Å². The maximum absolute atomic E-state index is 3.70. The Labute approximate surface area is 61.3 Å². The summed E-state index contributed by atoms with van der Waals surface area (Å²) in [6.07, 6.45) is 4.92. The minimum atomic E-state index is 0.698. The number of allylic oxidation sites excluding steroid dienone is 2. The highest BCUT2D eigenvalue weighted by molar-refractivity contribution is 5.58. The van der Waals surface area contributed by atoms with Gasteiger partial charge in [-0.3, -0.25) is 5.43 Å². The zero-order valence-electron chi connectivity index (χ0n) is 6.39. The molecule has 0 atom stereocenters. The molecule has 1 aliphatic heterocycles. The standard InChI is InChI=1S/C8H12N2/c1-7(2)5-8-3-4-9-10-6-8/h3,6-7,10H,5H2,1-2H3. The van der Waals surface area contributed by atoms with Gasteiger partial charge in [0.15, 0.2) is 0 Å². The van der Waals surface area contributed by atoms with Gasteiger partial charge < -0.3 is 0 Å². The highest BCUT2D eigenvalue weighted by atomic mass is 15.3. The Morgan fingerprint density at radius 2 is 2.50 bits per heavy atom. The topological polar surface area (TPSA) is 24.4 Å². The third-order valence-electron chi connectivity index (χ3n) is 1.27. The van der Waals surface area contributed by atoms with E-state index in [9.17, 15) is 0 Å². The number of hydrazone groups is 1. The van der Waals surface area contributed by atoms with Crippen LogP contribution in [0.1, 0.15) is 20.3 Å². The van der Waals surface area contributed by atoms with E-state index in [1.54, 1.807) is 0 Å². The van der Waals surface area contributed by atoms with Gasteiger partial charge in [-0.15, -0.1) is 5.10 Å². The minimum Gasteiger partial charge on any atom is -0.277 e. The van der Waals surface area contributed by atoms with Crippen molar-refractivity contribution in [2.75, 3.05) is 0 Å². The van der Waals surface area contributed by atoms with Crippen LogP contribution in [0.15, 0.2) is 23.0 Å². The summed E-state index contributed by atoms with van der Waals surface area (Å²) in [4.78, 5) is 0. The molecule has 1 rings (SSSR count). The van der Waals surface area contributed by atoms with Gasteiger partial charge in [-0.05, 0) is 17.9 Å². The van der Waals surface area contributed by atoms with Gasteiger partial charge in [0, 0.05) is 18.1 Å². The van der Waals surface area contributed by atoms with Crippen molar-refractivity contribution in [2.45, 2.75) is 20.3 Å². The van der Waals surface area contributed by atoms with Crippen LogP contribution in [-0.2, 0) is 0 Å². The van der Waals surface area contributed by atoms with Crippen molar-refractivity contribution in [3.05, 3.63) is 17.8 Å². The van der Waals surface area contributed by atoms with E-state index in [-0.39, 0.29) is 0 Å². The zero-order valence-corrected chi connectivity index (χ0v) is 6.39. The van der Waals surface area contributed by atoms with Crippen LogP contribution in [0.25, 0.3) is 0 Å². The molecule has 0 fully saturated rings. The van der Waals surface area contributed by atoms with Gasteiger partial charge in [0.05, 0.1) is 0 Å². The van der Waals surface area contributed by atoms with Crippen LogP contribution < -0.4 is 5.43 Å². The van der Waals surface area contributed by atoms with Gasteiger partial charge >= 0.3 is 0 Å². The Balaban J connectivity index is 2.50. The molecule has 2 heteroatoms. The fraction of sp³-hybridized carbons (Fsp3) is 0.500. The number of hydrogen-bond acceptors (Lipinski definition) is 2. The molecule has 2 nitrogen and oxygen atoms in total. The quantitative estimate of drug-likeness (QED) is 0.613. The smallest absolute Gasteiger partial charge is 0.0246 e. The van der Waals surface area contributed by atoms with Crippen LogP contribution in [0.4, 0.5) is 0 Å². The lowest BCUT2D eigenvalue weighted by molar-refractivity contribution is 0.646. The normalized spacial score (nSPS) is 15.3. The van der Waals surface area contributed by atoms with E-state index in [2.05, 4.69) is 30.2 Å². The van der Waals surface area contributed by atoms with Crippen molar-refractivity contribution >= 4 is 5.87 Å². The average Bonchev–Trinajstić information content (AvgIpc) is 1.88. The average molecular weight is 136 g/mol. The molecule has 0 aromatic rings. The summed E-state index contributed by atoms with van der Waals surface area (Å²) >= 11 is 0. The summed E-state index contributed by atoms with van der Waals surface area (Å²) in [6, 6.07) is 0. The summed E-state index contributed by atoms with van der Waals surface area (Å²) in [5.41, 5.74) is 4.03. The SMILES string of the molecule is CC(C)CC1=CNN=C=C1. The maximum atomic E-state index is 3.70. The lowest BCUT2D eigenvalue weighted by atomic mass is 10.0. The Morgan fingerprint density at radius 3 is 3.00 bits per heavy atom. The molecule has 0 aromatic heterocycles. The monoisotopic (exact) mass is 136 g/mol. The highest BCUT2D eigenvalue weighted by Crippen LogP contribution is 2.10. The van der Waals surface area contributed by atoms with Gasteiger partial charge in [-0.25, -0.2) is 0 Å². The van der Waals surface area contributed by atoms with Gasteiger partial charge in [0.1, 0.15) is 0 Å². The summed E-state index contributed by atoms with van der Waals surface area (Å²) < 4.78 is 0. The van der Waals surface area contributed by atoms with E-state index in [0.717, 1.165) is 6.42 Å². The van der Waals surface area contributed by atoms with Crippen LogP contribution in [0.3, 0.4) is 0 Å². The third-order valence-corrected chi connectivity index (χ3v) is 1.27. The zero-order chi connectivity index (χ0) is 7.40. The largest absolute Gasteiger partial charge is 0.277 e. The molecule has 0 amide bonds. The maximum Gasteiger partial charge on any atom is 0.0246 e. The van der Waals surface area contributed by atoms with Crippen LogP contribution in [0.5, 0.6) is 0 Å². The van der Waals surface area contributed by atoms with Gasteiger partial charge in [0.2, 0.25) is 0 Å². The lowest BCUT2D eigenvalue weighted by Crippen LogP contribution is -2.01. The summed E-state index contributed by atoms with van der Waals surface area (Å²) in [7, 11) is 0. The molecular weight excluding hydrogens is 124 g/mol. The second-order valence-corrected chi connectivity index (χ2v) is 2.83. The predicted octanol–water partition coefficient (Wildman–Crippen LogP) is 1.66. The van der Waals surface area contributed by atoms with Crippen LogP contribution >= 0.6 is 0 Å². The summed E-state index contributed by atoms with van der Waals surface area (Å²) in [5.74, 6) is 3.46. The number of hydrogen-bond donors (Lipinski definition) is 1. The molecule has 0 unspecified atom stereocenters. The fourth-order valence-corrected chi connectivity index (χ4v) is 0.899. The highest BCUT2D eigenvalue weighted by Gasteiger charge is 1.98. The molecule has 0 saturated heterocycles. The first-order chi connectivity index (χ1) is 4.79. The molecule has 54 valence electrons. The first-order valence-electron chi connectivity index (χ1n) is 3.52. The Kier molecular flexibility index (Phi) is 2.30. The minimum absolute atomic E-state index is 0.698. The molecular formula is C8H12N2. The molecule has 0 bridgehead atoms. The predicted molar refractivity (Wildman–Crippen MR) is 42.7 cm³/mol. The van der Waals surface area contributed by atoms with Gasteiger partial charge in [-0.1, -0.05) is 13.8 Å². The van der Waals surface area contributed by atoms with Crippen molar-refractivity contribution < 1.29 is 0 Å². The van der Waals surface area contributed by atoms with Gasteiger partial charge in [0.25, 0.3) is 0 Å². The molecule has 10 heavy (non-hydrogen) atoms. The molecule has 1 N–H and O–H groups in total. The van der Waals surface area contributed by atoms with E-state index < -0.39 is 0 Å². The van der Waals surface area contributed by atoms with Gasteiger partial charge in [-0.2, -0.15) is 0 Å². The molecule has 0 aromatic carbocycles. The first-order valence-corrected chi connectivity index (χ1v) is 3.52. The third kappa shape index (κ3) is 2.08. The van der Waals surface area contributed by atoms with Crippen molar-refractivity contribution in [3.8, 4) is 0 Å². The van der Waals surface area contributed by atoms with Crippen molar-refractivity contribution in [1.82, 2.24) is 5.43 Å². The molecule has 0 spiro atoms. The van der Waals surface area contributed by atoms with E-state index in [1.807, 2.05) is 12.3 Å². The van der Waals surface area contributed by atoms with Crippen molar-refractivity contribution in [3.63, 3.8) is 0 Å². The molecule has 0 saturated carbocycles. The molecule has 1 aliphatic rings. The van der Waals surface area contributed by atoms with Crippen molar-refractivity contribution in [1.29, 1.82) is 0 Å². The summed E-state index contributed by atoms with van der Waals surface area (Å²) in [5, 5.41) is 3.70. The fourth-order valence-electron chi connectivity index (χ4n) is 0.899. The second kappa shape index (κ2) is 3.23. The van der Waals surface area contributed by atoms with E-state index in [1.165, 1.54) is 5.57 Å². The second-order valence-electron chi connectivity index (χ2n) is 2.83.